The van der Waals surface area contributed by atoms with E-state index < -0.39 is 0 Å². The molecule has 0 radical (unpaired) electrons. The van der Waals surface area contributed by atoms with Gasteiger partial charge in [0.15, 0.2) is 5.69 Å². The Hall–Kier alpha value is -2.14. The minimum absolute atomic E-state index is 0.190. The van der Waals surface area contributed by atoms with Gasteiger partial charge in [-0.3, -0.25) is 9.89 Å². The monoisotopic (exact) mass is 299 g/mol. The number of benzene rings is 1. The summed E-state index contributed by atoms with van der Waals surface area (Å²) in [5.41, 5.74) is 4.41. The molecule has 1 aliphatic rings. The summed E-state index contributed by atoms with van der Waals surface area (Å²) >= 11 is 0. The van der Waals surface area contributed by atoms with Crippen molar-refractivity contribution in [3.63, 3.8) is 0 Å². The topological polar surface area (TPSA) is 67.0 Å². The van der Waals surface area contributed by atoms with Crippen molar-refractivity contribution in [1.29, 1.82) is 0 Å². The van der Waals surface area contributed by atoms with Gasteiger partial charge in [0.05, 0.1) is 13.2 Å². The number of aromatic nitrogens is 2. The van der Waals surface area contributed by atoms with Gasteiger partial charge in [-0.05, 0) is 30.5 Å². The van der Waals surface area contributed by atoms with Crippen LogP contribution in [0.1, 0.15) is 47.1 Å². The minimum atomic E-state index is -0.190. The van der Waals surface area contributed by atoms with Crippen LogP contribution in [0.15, 0.2) is 24.3 Å². The second-order valence-corrected chi connectivity index (χ2v) is 5.59. The number of fused-ring (bicyclic) bond motifs is 1. The molecule has 2 aromatic rings. The molecule has 1 aliphatic heterocycles. The Morgan fingerprint density at radius 3 is 2.95 bits per heavy atom. The van der Waals surface area contributed by atoms with Crippen molar-refractivity contribution >= 4 is 11.6 Å². The average molecular weight is 299 g/mol. The fraction of sp³-hybridized carbons (Fsp3) is 0.412. The summed E-state index contributed by atoms with van der Waals surface area (Å²) in [5.74, 6) is -0.190. The highest BCUT2D eigenvalue weighted by molar-refractivity contribution is 6.04. The molecule has 116 valence electrons. The number of anilines is 1. The third-order valence-corrected chi connectivity index (χ3v) is 3.94. The van der Waals surface area contributed by atoms with Crippen molar-refractivity contribution < 1.29 is 9.53 Å². The van der Waals surface area contributed by atoms with E-state index >= 15 is 0 Å². The molecule has 5 nitrogen and oxygen atoms in total. The molecule has 0 unspecified atom stereocenters. The maximum absolute atomic E-state index is 12.4. The zero-order valence-electron chi connectivity index (χ0n) is 12.8. The molecule has 22 heavy (non-hydrogen) atoms. The van der Waals surface area contributed by atoms with Crippen molar-refractivity contribution in [3.8, 4) is 0 Å². The summed E-state index contributed by atoms with van der Waals surface area (Å²) in [7, 11) is 0. The number of nitrogens with one attached hydrogen (secondary N) is 2. The molecular weight excluding hydrogens is 278 g/mol. The number of aryl methyl sites for hydroxylation is 1. The zero-order valence-corrected chi connectivity index (χ0v) is 12.8. The predicted molar refractivity (Wildman–Crippen MR) is 85.0 cm³/mol. The molecule has 5 heteroatoms. The first kappa shape index (κ1) is 14.8. The van der Waals surface area contributed by atoms with E-state index in [2.05, 4.69) is 34.6 Å². The number of H-pyrrole nitrogens is 1. The van der Waals surface area contributed by atoms with Gasteiger partial charge >= 0.3 is 0 Å². The van der Waals surface area contributed by atoms with Crippen molar-refractivity contribution in [2.45, 2.75) is 39.2 Å². The van der Waals surface area contributed by atoms with E-state index in [-0.39, 0.29) is 5.91 Å². The minimum Gasteiger partial charge on any atom is -0.376 e. The Morgan fingerprint density at radius 2 is 2.18 bits per heavy atom. The number of hydrogen-bond acceptors (Lipinski definition) is 3. The SMILES string of the molecule is CCCCc1ccc(NC(=O)c2n[nH]c3c2COCC3)cc1. The fourth-order valence-corrected chi connectivity index (χ4v) is 2.63. The van der Waals surface area contributed by atoms with Gasteiger partial charge in [0.2, 0.25) is 0 Å². The number of hydrogen-bond donors (Lipinski definition) is 2. The Labute approximate surface area is 130 Å². The Balaban J connectivity index is 1.67. The number of unbranched alkanes of at least 4 members (excludes halogenated alkanes) is 1. The number of rotatable bonds is 5. The molecule has 1 amide bonds. The number of amides is 1. The van der Waals surface area contributed by atoms with Crippen molar-refractivity contribution in [2.75, 3.05) is 11.9 Å². The predicted octanol–water partition coefficient (Wildman–Crippen LogP) is 3.08. The highest BCUT2D eigenvalue weighted by Crippen LogP contribution is 2.19. The van der Waals surface area contributed by atoms with Gasteiger partial charge in [-0.2, -0.15) is 5.10 Å². The molecule has 0 aliphatic carbocycles. The molecule has 0 saturated heterocycles. The number of carbonyl (C=O) groups excluding carboxylic acids is 1. The Morgan fingerprint density at radius 1 is 1.36 bits per heavy atom. The van der Waals surface area contributed by atoms with E-state index in [0.717, 1.165) is 29.8 Å². The van der Waals surface area contributed by atoms with Crippen LogP contribution in [0.4, 0.5) is 5.69 Å². The van der Waals surface area contributed by atoms with Gasteiger partial charge in [-0.25, -0.2) is 0 Å². The molecule has 1 aromatic carbocycles. The van der Waals surface area contributed by atoms with E-state index in [1.807, 2.05) is 12.1 Å². The van der Waals surface area contributed by atoms with Gasteiger partial charge in [0, 0.05) is 23.4 Å². The van der Waals surface area contributed by atoms with Crippen LogP contribution >= 0.6 is 0 Å². The van der Waals surface area contributed by atoms with Gasteiger partial charge in [-0.1, -0.05) is 25.5 Å². The van der Waals surface area contributed by atoms with Gasteiger partial charge in [0.25, 0.3) is 5.91 Å². The van der Waals surface area contributed by atoms with Crippen molar-refractivity contribution in [1.82, 2.24) is 10.2 Å². The van der Waals surface area contributed by atoms with Crippen LogP contribution in [0.5, 0.6) is 0 Å². The van der Waals surface area contributed by atoms with Crippen molar-refractivity contribution in [3.05, 3.63) is 46.8 Å². The fourth-order valence-electron chi connectivity index (χ4n) is 2.63. The van der Waals surface area contributed by atoms with E-state index in [9.17, 15) is 4.79 Å². The molecule has 0 spiro atoms. The standard InChI is InChI=1S/C17H21N3O2/c1-2-3-4-12-5-7-13(8-6-12)18-17(21)16-14-11-22-10-9-15(14)19-20-16/h5-8H,2-4,9-11H2,1H3,(H,18,21)(H,19,20). The van der Waals surface area contributed by atoms with Crippen LogP contribution in [0.25, 0.3) is 0 Å². The lowest BCUT2D eigenvalue weighted by Crippen LogP contribution is -2.17. The van der Waals surface area contributed by atoms with E-state index in [1.54, 1.807) is 0 Å². The lowest BCUT2D eigenvalue weighted by atomic mass is 10.1. The van der Waals surface area contributed by atoms with Crippen LogP contribution in [0.3, 0.4) is 0 Å². The highest BCUT2D eigenvalue weighted by Gasteiger charge is 2.22. The van der Waals surface area contributed by atoms with Gasteiger partial charge in [0.1, 0.15) is 0 Å². The smallest absolute Gasteiger partial charge is 0.276 e. The summed E-state index contributed by atoms with van der Waals surface area (Å²) in [6.07, 6.45) is 4.23. The second kappa shape index (κ2) is 6.75. The summed E-state index contributed by atoms with van der Waals surface area (Å²) in [6, 6.07) is 8.01. The summed E-state index contributed by atoms with van der Waals surface area (Å²) in [4.78, 5) is 12.4. The third kappa shape index (κ3) is 3.20. The molecule has 0 fully saturated rings. The highest BCUT2D eigenvalue weighted by atomic mass is 16.5. The van der Waals surface area contributed by atoms with Crippen LogP contribution < -0.4 is 5.32 Å². The first-order valence-corrected chi connectivity index (χ1v) is 7.82. The largest absolute Gasteiger partial charge is 0.376 e. The first-order chi connectivity index (χ1) is 10.8. The quantitative estimate of drug-likeness (QED) is 0.891. The molecule has 1 aromatic heterocycles. The van der Waals surface area contributed by atoms with Crippen LogP contribution in [0.2, 0.25) is 0 Å². The lowest BCUT2D eigenvalue weighted by Gasteiger charge is -2.12. The van der Waals surface area contributed by atoms with Crippen LogP contribution in [-0.2, 0) is 24.2 Å². The first-order valence-electron chi connectivity index (χ1n) is 7.82. The third-order valence-electron chi connectivity index (χ3n) is 3.94. The Kier molecular flexibility index (Phi) is 4.53. The number of nitrogens with zero attached hydrogens (tertiary/aromatic N) is 1. The van der Waals surface area contributed by atoms with Gasteiger partial charge < -0.3 is 10.1 Å². The number of aromatic amines is 1. The summed E-state index contributed by atoms with van der Waals surface area (Å²) in [5, 5.41) is 9.97. The Bertz CT molecular complexity index is 646. The molecule has 0 bridgehead atoms. The molecule has 2 N–H and O–H groups in total. The zero-order chi connectivity index (χ0) is 15.4. The second-order valence-electron chi connectivity index (χ2n) is 5.59. The lowest BCUT2D eigenvalue weighted by molar-refractivity contribution is 0.0985. The maximum atomic E-state index is 12.4. The van der Waals surface area contributed by atoms with E-state index in [4.69, 9.17) is 4.74 Å². The molecule has 2 heterocycles. The molecule has 0 saturated carbocycles. The van der Waals surface area contributed by atoms with Gasteiger partial charge in [-0.15, -0.1) is 0 Å². The number of carbonyl (C=O) groups is 1. The maximum Gasteiger partial charge on any atom is 0.276 e. The summed E-state index contributed by atoms with van der Waals surface area (Å²) in [6.45, 7) is 3.31. The van der Waals surface area contributed by atoms with Crippen LogP contribution in [-0.4, -0.2) is 22.7 Å². The van der Waals surface area contributed by atoms with Crippen LogP contribution in [0, 0.1) is 0 Å². The average Bonchev–Trinajstić information content (AvgIpc) is 2.98. The normalized spacial score (nSPS) is 13.7. The number of ether oxygens (including phenoxy) is 1. The molecule has 0 atom stereocenters. The van der Waals surface area contributed by atoms with Crippen molar-refractivity contribution in [2.24, 2.45) is 0 Å². The molecule has 3 rings (SSSR count). The summed E-state index contributed by atoms with van der Waals surface area (Å²) < 4.78 is 5.41. The van der Waals surface area contributed by atoms with E-state index in [1.165, 1.54) is 18.4 Å². The van der Waals surface area contributed by atoms with E-state index in [0.29, 0.717) is 18.9 Å². The molecular formula is C17H21N3O2.